The molecule has 2 aromatic heterocycles. The van der Waals surface area contributed by atoms with Gasteiger partial charge in [-0.3, -0.25) is 14.2 Å². The van der Waals surface area contributed by atoms with Crippen LogP contribution < -0.4 is 20.9 Å². The van der Waals surface area contributed by atoms with Gasteiger partial charge in [0, 0.05) is 31.2 Å². The van der Waals surface area contributed by atoms with E-state index in [4.69, 9.17) is 10.5 Å². The van der Waals surface area contributed by atoms with Crippen molar-refractivity contribution in [3.8, 4) is 11.8 Å². The Morgan fingerprint density at radius 1 is 1.26 bits per heavy atom. The van der Waals surface area contributed by atoms with Crippen LogP contribution >= 0.6 is 0 Å². The van der Waals surface area contributed by atoms with Gasteiger partial charge in [0.2, 0.25) is 0 Å². The fraction of sp³-hybridized carbons (Fsp3) is 0.286. The molecule has 1 saturated heterocycles. The van der Waals surface area contributed by atoms with Crippen LogP contribution in [0.5, 0.6) is 5.75 Å². The van der Waals surface area contributed by atoms with Crippen LogP contribution in [-0.4, -0.2) is 46.1 Å². The zero-order valence-corrected chi connectivity index (χ0v) is 20.9. The van der Waals surface area contributed by atoms with Crippen molar-refractivity contribution in [3.05, 3.63) is 87.7 Å². The maximum atomic E-state index is 13.8. The number of aromatic nitrogens is 3. The van der Waals surface area contributed by atoms with Gasteiger partial charge in [-0.05, 0) is 42.7 Å². The van der Waals surface area contributed by atoms with Gasteiger partial charge in [-0.15, -0.1) is 0 Å². The molecule has 1 aliphatic heterocycles. The van der Waals surface area contributed by atoms with E-state index in [0.717, 1.165) is 18.4 Å². The van der Waals surface area contributed by atoms with Crippen molar-refractivity contribution < 1.29 is 13.9 Å². The van der Waals surface area contributed by atoms with E-state index in [9.17, 15) is 19.2 Å². The Labute approximate surface area is 218 Å². The second-order valence-electron chi connectivity index (χ2n) is 9.40. The molecule has 1 fully saturated rings. The summed E-state index contributed by atoms with van der Waals surface area (Å²) in [5.74, 6) is 0.439. The SMILES string of the molecule is COc1cccc(C(=O)Cn2cnc3c(C#N)c(N4CCCC(N)C4)n(Cc4ccc(F)cc4)c3c2=O)c1. The minimum atomic E-state index is -0.447. The highest BCUT2D eigenvalue weighted by Crippen LogP contribution is 2.32. The molecule has 0 saturated carbocycles. The first-order chi connectivity index (χ1) is 18.4. The smallest absolute Gasteiger partial charge is 0.278 e. The molecule has 5 rings (SSSR count). The summed E-state index contributed by atoms with van der Waals surface area (Å²) in [6.07, 6.45) is 3.02. The molecule has 2 aromatic carbocycles. The predicted molar refractivity (Wildman–Crippen MR) is 141 cm³/mol. The molecule has 0 radical (unpaired) electrons. The number of hydrogen-bond acceptors (Lipinski definition) is 7. The number of carbonyl (C=O) groups excluding carboxylic acids is 1. The monoisotopic (exact) mass is 514 g/mol. The second-order valence-corrected chi connectivity index (χ2v) is 9.40. The average molecular weight is 515 g/mol. The number of hydrogen-bond donors (Lipinski definition) is 1. The number of piperidine rings is 1. The zero-order valence-electron chi connectivity index (χ0n) is 20.9. The first-order valence-corrected chi connectivity index (χ1v) is 12.3. The molecular formula is C28H27FN6O3. The average Bonchev–Trinajstić information content (AvgIpc) is 3.25. The molecular weight excluding hydrogens is 487 g/mol. The van der Waals surface area contributed by atoms with Crippen LogP contribution in [0.2, 0.25) is 0 Å². The normalized spacial score (nSPS) is 15.4. The maximum absolute atomic E-state index is 13.8. The number of ketones is 1. The van der Waals surface area contributed by atoms with Crippen molar-refractivity contribution >= 4 is 22.6 Å². The second kappa shape index (κ2) is 10.5. The van der Waals surface area contributed by atoms with E-state index >= 15 is 0 Å². The Morgan fingerprint density at radius 3 is 2.76 bits per heavy atom. The zero-order chi connectivity index (χ0) is 26.8. The summed E-state index contributed by atoms with van der Waals surface area (Å²) in [7, 11) is 1.51. The van der Waals surface area contributed by atoms with Gasteiger partial charge in [-0.2, -0.15) is 5.26 Å². The number of Topliss-reactive ketones (excluding diaryl/α,β-unsaturated/α-hetero) is 1. The molecule has 10 heteroatoms. The topological polar surface area (TPSA) is 119 Å². The largest absolute Gasteiger partial charge is 0.497 e. The van der Waals surface area contributed by atoms with Crippen LogP contribution in [0, 0.1) is 17.1 Å². The standard InChI is InChI=1S/C28H27FN6O3/c1-38-22-6-2-4-19(12-22)24(36)16-34-17-32-25-23(13-30)27(33-11-3-5-21(31)15-33)35(26(25)28(34)37)14-18-7-9-20(29)10-8-18/h2,4,6-10,12,17,21H,3,5,11,14-16,31H2,1H3. The molecule has 194 valence electrons. The molecule has 9 nitrogen and oxygen atoms in total. The molecule has 1 aliphatic rings. The summed E-state index contributed by atoms with van der Waals surface area (Å²) in [6, 6.07) is 14.9. The van der Waals surface area contributed by atoms with E-state index in [1.165, 1.54) is 30.1 Å². The minimum Gasteiger partial charge on any atom is -0.497 e. The number of ether oxygens (including phenoxy) is 1. The molecule has 0 amide bonds. The van der Waals surface area contributed by atoms with Crippen LogP contribution in [0.1, 0.15) is 34.3 Å². The Morgan fingerprint density at radius 2 is 2.05 bits per heavy atom. The highest BCUT2D eigenvalue weighted by Gasteiger charge is 2.29. The number of fused-ring (bicyclic) bond motifs is 1. The molecule has 3 heterocycles. The van der Waals surface area contributed by atoms with Crippen molar-refractivity contribution in [2.75, 3.05) is 25.1 Å². The maximum Gasteiger partial charge on any atom is 0.278 e. The molecule has 0 spiro atoms. The number of anilines is 1. The molecule has 38 heavy (non-hydrogen) atoms. The van der Waals surface area contributed by atoms with Gasteiger partial charge >= 0.3 is 0 Å². The van der Waals surface area contributed by atoms with Gasteiger partial charge in [-0.25, -0.2) is 9.37 Å². The van der Waals surface area contributed by atoms with Crippen molar-refractivity contribution in [1.29, 1.82) is 5.26 Å². The Balaban J connectivity index is 1.64. The highest BCUT2D eigenvalue weighted by molar-refractivity contribution is 5.96. The van der Waals surface area contributed by atoms with Crippen LogP contribution in [0.4, 0.5) is 10.2 Å². The Bertz CT molecular complexity index is 1600. The lowest BCUT2D eigenvalue weighted by atomic mass is 10.1. The summed E-state index contributed by atoms with van der Waals surface area (Å²) in [5.41, 5.74) is 7.70. The Hall–Kier alpha value is -4.49. The number of nitrogens with two attached hydrogens (primary N) is 1. The van der Waals surface area contributed by atoms with Crippen LogP contribution in [0.3, 0.4) is 0 Å². The van der Waals surface area contributed by atoms with E-state index < -0.39 is 5.56 Å². The van der Waals surface area contributed by atoms with E-state index in [1.54, 1.807) is 41.0 Å². The lowest BCUT2D eigenvalue weighted by molar-refractivity contribution is 0.0970. The highest BCUT2D eigenvalue weighted by atomic mass is 19.1. The van der Waals surface area contributed by atoms with Gasteiger partial charge in [0.05, 0.1) is 20.0 Å². The summed E-state index contributed by atoms with van der Waals surface area (Å²) < 4.78 is 21.8. The van der Waals surface area contributed by atoms with Gasteiger partial charge < -0.3 is 19.9 Å². The third-order valence-electron chi connectivity index (χ3n) is 6.83. The molecule has 2 N–H and O–H groups in total. The van der Waals surface area contributed by atoms with Crippen molar-refractivity contribution in [2.24, 2.45) is 5.73 Å². The van der Waals surface area contributed by atoms with Crippen LogP contribution in [0.15, 0.2) is 59.7 Å². The lowest BCUT2D eigenvalue weighted by Gasteiger charge is -2.33. The van der Waals surface area contributed by atoms with Crippen molar-refractivity contribution in [3.63, 3.8) is 0 Å². The first kappa shape index (κ1) is 25.2. The number of halogens is 1. The van der Waals surface area contributed by atoms with Crippen LogP contribution in [0.25, 0.3) is 11.0 Å². The Kier molecular flexibility index (Phi) is 6.94. The molecule has 0 bridgehead atoms. The number of carbonyl (C=O) groups is 1. The quantitative estimate of drug-likeness (QED) is 0.377. The van der Waals surface area contributed by atoms with E-state index in [1.807, 2.05) is 4.90 Å². The first-order valence-electron chi connectivity index (χ1n) is 12.3. The summed E-state index contributed by atoms with van der Waals surface area (Å²) in [6.45, 7) is 1.17. The van der Waals surface area contributed by atoms with E-state index in [0.29, 0.717) is 30.2 Å². The molecule has 1 atom stereocenters. The number of nitriles is 1. The molecule has 0 aliphatic carbocycles. The third kappa shape index (κ3) is 4.76. The minimum absolute atomic E-state index is 0.0716. The fourth-order valence-electron chi connectivity index (χ4n) is 4.97. The summed E-state index contributed by atoms with van der Waals surface area (Å²) >= 11 is 0. The van der Waals surface area contributed by atoms with Gasteiger partial charge in [0.1, 0.15) is 40.1 Å². The number of benzene rings is 2. The molecule has 4 aromatic rings. The van der Waals surface area contributed by atoms with E-state index in [-0.39, 0.29) is 47.3 Å². The predicted octanol–water partition coefficient (Wildman–Crippen LogP) is 3.08. The van der Waals surface area contributed by atoms with Crippen LogP contribution in [-0.2, 0) is 13.1 Å². The van der Waals surface area contributed by atoms with E-state index in [2.05, 4.69) is 11.1 Å². The lowest BCUT2D eigenvalue weighted by Crippen LogP contribution is -2.44. The number of nitrogens with zero attached hydrogens (tertiary/aromatic N) is 5. The van der Waals surface area contributed by atoms with Gasteiger partial charge in [0.25, 0.3) is 5.56 Å². The fourth-order valence-corrected chi connectivity index (χ4v) is 4.97. The molecule has 1 unspecified atom stereocenters. The van der Waals surface area contributed by atoms with Gasteiger partial charge in [-0.1, -0.05) is 24.3 Å². The third-order valence-corrected chi connectivity index (χ3v) is 6.83. The van der Waals surface area contributed by atoms with Crippen molar-refractivity contribution in [1.82, 2.24) is 14.1 Å². The number of rotatable bonds is 7. The van der Waals surface area contributed by atoms with Gasteiger partial charge in [0.15, 0.2) is 5.78 Å². The summed E-state index contributed by atoms with van der Waals surface area (Å²) in [5, 5.41) is 10.1. The van der Waals surface area contributed by atoms with Crippen molar-refractivity contribution in [2.45, 2.75) is 32.0 Å². The number of methoxy groups -OCH3 is 1. The summed E-state index contributed by atoms with van der Waals surface area (Å²) in [4.78, 5) is 33.3.